The summed E-state index contributed by atoms with van der Waals surface area (Å²) in [6.07, 6.45) is 1.36. The molecule has 1 fully saturated rings. The van der Waals surface area contributed by atoms with Crippen molar-refractivity contribution < 1.29 is 0 Å². The molecule has 92 valence electrons. The second kappa shape index (κ2) is 4.52. The molecule has 1 saturated carbocycles. The summed E-state index contributed by atoms with van der Waals surface area (Å²) < 4.78 is 0. The van der Waals surface area contributed by atoms with Crippen LogP contribution in [0.15, 0.2) is 60.7 Å². The molecule has 2 aromatic rings. The fraction of sp³-hybridized carbons (Fsp3) is 0.294. The highest BCUT2D eigenvalue weighted by Crippen LogP contribution is 2.63. The molecule has 18 heavy (non-hydrogen) atoms. The van der Waals surface area contributed by atoms with Crippen LogP contribution in [0.4, 0.5) is 0 Å². The van der Waals surface area contributed by atoms with Crippen molar-refractivity contribution in [1.82, 2.24) is 0 Å². The first kappa shape index (κ1) is 11.9. The average Bonchev–Trinajstić information content (AvgIpc) is 3.01. The van der Waals surface area contributed by atoms with Crippen LogP contribution in [-0.2, 0) is 0 Å². The Morgan fingerprint density at radius 2 is 1.22 bits per heavy atom. The van der Waals surface area contributed by atoms with Gasteiger partial charge in [-0.2, -0.15) is 0 Å². The summed E-state index contributed by atoms with van der Waals surface area (Å²) >= 11 is 0. The Hall–Kier alpha value is -1.13. The molecule has 3 rings (SSSR count). The minimum absolute atomic E-state index is 0.187. The molecule has 1 atom stereocenters. The van der Waals surface area contributed by atoms with Crippen LogP contribution < -0.4 is 10.6 Å². The third-order valence-corrected chi connectivity index (χ3v) is 7.06. The monoisotopic (exact) mass is 254 g/mol. The van der Waals surface area contributed by atoms with Gasteiger partial charge in [0.2, 0.25) is 0 Å². The van der Waals surface area contributed by atoms with Crippen molar-refractivity contribution in [3.63, 3.8) is 0 Å². The summed E-state index contributed by atoms with van der Waals surface area (Å²) in [5, 5.41) is 3.04. The molecule has 1 unspecified atom stereocenters. The summed E-state index contributed by atoms with van der Waals surface area (Å²) in [5.74, 6) is 0. The van der Waals surface area contributed by atoms with Crippen LogP contribution in [0.25, 0.3) is 0 Å². The molecule has 1 aliphatic rings. The van der Waals surface area contributed by atoms with E-state index in [9.17, 15) is 0 Å². The Morgan fingerprint density at radius 3 is 1.56 bits per heavy atom. The van der Waals surface area contributed by atoms with Crippen molar-refractivity contribution >= 4 is 18.5 Å². The van der Waals surface area contributed by atoms with E-state index in [-0.39, 0.29) is 7.92 Å². The third kappa shape index (κ3) is 2.22. The van der Waals surface area contributed by atoms with Crippen LogP contribution in [0.1, 0.15) is 20.3 Å². The van der Waals surface area contributed by atoms with Crippen molar-refractivity contribution in [2.45, 2.75) is 25.9 Å². The van der Waals surface area contributed by atoms with Crippen LogP contribution in [0, 0.1) is 5.41 Å². The Bertz CT molecular complexity index is 476. The van der Waals surface area contributed by atoms with Gasteiger partial charge in [0.1, 0.15) is 0 Å². The lowest BCUT2D eigenvalue weighted by atomic mass is 10.2. The second-order valence-corrected chi connectivity index (χ2v) is 8.15. The molecule has 0 N–H and O–H groups in total. The van der Waals surface area contributed by atoms with Gasteiger partial charge in [-0.05, 0) is 36.0 Å². The molecule has 0 heterocycles. The smallest absolute Gasteiger partial charge is 0.00719 e. The highest BCUT2D eigenvalue weighted by molar-refractivity contribution is 7.74. The third-order valence-electron chi connectivity index (χ3n) is 3.84. The van der Waals surface area contributed by atoms with Crippen molar-refractivity contribution in [3.05, 3.63) is 60.7 Å². The molecule has 0 nitrogen and oxygen atoms in total. The van der Waals surface area contributed by atoms with Crippen LogP contribution in [0.5, 0.6) is 0 Å². The summed E-state index contributed by atoms with van der Waals surface area (Å²) in [4.78, 5) is 0. The normalized spacial score (nSPS) is 20.9. The van der Waals surface area contributed by atoms with Crippen LogP contribution >= 0.6 is 7.92 Å². The zero-order valence-corrected chi connectivity index (χ0v) is 11.9. The van der Waals surface area contributed by atoms with E-state index in [1.165, 1.54) is 17.0 Å². The van der Waals surface area contributed by atoms with Gasteiger partial charge < -0.3 is 0 Å². The largest absolute Gasteiger partial charge is 0.0622 e. The lowest BCUT2D eigenvalue weighted by molar-refractivity contribution is 0.656. The van der Waals surface area contributed by atoms with Crippen molar-refractivity contribution in [2.75, 3.05) is 0 Å². The molecule has 0 radical (unpaired) electrons. The van der Waals surface area contributed by atoms with Gasteiger partial charge in [-0.3, -0.25) is 0 Å². The SMILES string of the molecule is CC1(C)CC1P(c1ccccc1)c1ccccc1. The van der Waals surface area contributed by atoms with E-state index in [4.69, 9.17) is 0 Å². The minimum atomic E-state index is -0.187. The van der Waals surface area contributed by atoms with Gasteiger partial charge in [0.25, 0.3) is 0 Å². The maximum atomic E-state index is 2.40. The first-order chi connectivity index (χ1) is 8.68. The van der Waals surface area contributed by atoms with Gasteiger partial charge in [0.15, 0.2) is 0 Å². The predicted molar refractivity (Wildman–Crippen MR) is 81.3 cm³/mol. The van der Waals surface area contributed by atoms with Gasteiger partial charge in [-0.15, -0.1) is 0 Å². The van der Waals surface area contributed by atoms with E-state index < -0.39 is 0 Å². The minimum Gasteiger partial charge on any atom is -0.0622 e. The lowest BCUT2D eigenvalue weighted by Crippen LogP contribution is -2.16. The van der Waals surface area contributed by atoms with E-state index in [0.717, 1.165) is 5.66 Å². The Balaban J connectivity index is 2.01. The fourth-order valence-corrected chi connectivity index (χ4v) is 5.92. The Kier molecular flexibility index (Phi) is 2.99. The summed E-state index contributed by atoms with van der Waals surface area (Å²) in [6, 6.07) is 22.1. The topological polar surface area (TPSA) is 0 Å². The van der Waals surface area contributed by atoms with Crippen LogP contribution in [0.3, 0.4) is 0 Å². The summed E-state index contributed by atoms with van der Waals surface area (Å²) in [5.41, 5.74) is 1.37. The molecule has 1 aliphatic carbocycles. The Labute approximate surface area is 111 Å². The van der Waals surface area contributed by atoms with Gasteiger partial charge in [-0.1, -0.05) is 74.5 Å². The van der Waals surface area contributed by atoms with Crippen LogP contribution in [-0.4, -0.2) is 5.66 Å². The zero-order chi connectivity index (χ0) is 12.6. The zero-order valence-electron chi connectivity index (χ0n) is 11.0. The second-order valence-electron chi connectivity index (χ2n) is 5.75. The molecule has 0 aliphatic heterocycles. The van der Waals surface area contributed by atoms with Gasteiger partial charge >= 0.3 is 0 Å². The molecular formula is C17H19P. The molecule has 0 aromatic heterocycles. The standard InChI is InChI=1S/C17H19P/c1-17(2)13-16(17)18(14-9-5-3-6-10-14)15-11-7-4-8-12-15/h3-12,16H,13H2,1-2H3. The molecule has 2 aromatic carbocycles. The molecule has 0 bridgehead atoms. The van der Waals surface area contributed by atoms with Crippen molar-refractivity contribution in [2.24, 2.45) is 5.41 Å². The van der Waals surface area contributed by atoms with Gasteiger partial charge in [0.05, 0.1) is 0 Å². The Morgan fingerprint density at radius 1 is 0.833 bits per heavy atom. The summed E-state index contributed by atoms with van der Waals surface area (Å²) in [6.45, 7) is 4.80. The van der Waals surface area contributed by atoms with E-state index in [0.29, 0.717) is 5.41 Å². The number of hydrogen-bond acceptors (Lipinski definition) is 0. The molecular weight excluding hydrogens is 235 g/mol. The summed E-state index contributed by atoms with van der Waals surface area (Å²) in [7, 11) is -0.187. The van der Waals surface area contributed by atoms with Gasteiger partial charge in [-0.25, -0.2) is 0 Å². The van der Waals surface area contributed by atoms with E-state index >= 15 is 0 Å². The predicted octanol–water partition coefficient (Wildman–Crippen LogP) is 3.92. The van der Waals surface area contributed by atoms with Crippen molar-refractivity contribution in [3.8, 4) is 0 Å². The van der Waals surface area contributed by atoms with E-state index in [1.807, 2.05) is 0 Å². The van der Waals surface area contributed by atoms with E-state index in [2.05, 4.69) is 74.5 Å². The highest BCUT2D eigenvalue weighted by Gasteiger charge is 2.50. The first-order valence-electron chi connectivity index (χ1n) is 6.58. The maximum absolute atomic E-state index is 2.40. The maximum Gasteiger partial charge on any atom is -0.00719 e. The molecule has 0 saturated heterocycles. The number of rotatable bonds is 3. The number of benzene rings is 2. The highest BCUT2D eigenvalue weighted by atomic mass is 31.1. The van der Waals surface area contributed by atoms with Gasteiger partial charge in [0, 0.05) is 0 Å². The van der Waals surface area contributed by atoms with E-state index in [1.54, 1.807) is 0 Å². The van der Waals surface area contributed by atoms with Crippen molar-refractivity contribution in [1.29, 1.82) is 0 Å². The lowest BCUT2D eigenvalue weighted by Gasteiger charge is -2.20. The first-order valence-corrected chi connectivity index (χ1v) is 7.99. The fourth-order valence-electron chi connectivity index (χ4n) is 2.57. The average molecular weight is 254 g/mol. The number of hydrogen-bond donors (Lipinski definition) is 0. The molecule has 0 spiro atoms. The van der Waals surface area contributed by atoms with Crippen LogP contribution in [0.2, 0.25) is 0 Å². The quantitative estimate of drug-likeness (QED) is 0.728. The molecule has 0 amide bonds. The molecule has 1 heteroatoms.